The van der Waals surface area contributed by atoms with E-state index in [1.54, 1.807) is 0 Å². The summed E-state index contributed by atoms with van der Waals surface area (Å²) in [6.07, 6.45) is 1.82. The van der Waals surface area contributed by atoms with Crippen molar-refractivity contribution in [1.29, 1.82) is 0 Å². The summed E-state index contributed by atoms with van der Waals surface area (Å²) < 4.78 is 8.76. The van der Waals surface area contributed by atoms with Gasteiger partial charge in [-0.1, -0.05) is 133 Å². The Bertz CT molecular complexity index is 3160. The summed E-state index contributed by atoms with van der Waals surface area (Å²) in [5.74, 6) is 0. The van der Waals surface area contributed by atoms with Gasteiger partial charge >= 0.3 is 0 Å². The Morgan fingerprint density at radius 1 is 0.404 bits per heavy atom. The highest BCUT2D eigenvalue weighted by Gasteiger charge is 2.20. The number of hydrogen-bond acceptors (Lipinski definition) is 3. The fraction of sp³-hybridized carbons (Fsp3) is 0. The van der Waals surface area contributed by atoms with Gasteiger partial charge in [0.2, 0.25) is 0 Å². The predicted octanol–water partition coefficient (Wildman–Crippen LogP) is 14.5. The van der Waals surface area contributed by atoms with Gasteiger partial charge in [-0.15, -0.1) is 0 Å². The van der Waals surface area contributed by atoms with Crippen LogP contribution in [0.1, 0.15) is 0 Å². The molecule has 3 heterocycles. The number of rotatable bonds is 7. The van der Waals surface area contributed by atoms with Crippen LogP contribution in [0.25, 0.3) is 82.9 Å². The Balaban J connectivity index is 1.02. The number of aromatic nitrogens is 2. The van der Waals surface area contributed by atoms with Crippen LogP contribution in [0.4, 0.5) is 17.1 Å². The molecule has 4 nitrogen and oxygen atoms in total. The Kier molecular flexibility index (Phi) is 7.78. The molecule has 0 radical (unpaired) electrons. The van der Waals surface area contributed by atoms with Gasteiger partial charge in [0.25, 0.3) is 0 Å². The van der Waals surface area contributed by atoms with Crippen molar-refractivity contribution in [3.05, 3.63) is 212 Å². The maximum absolute atomic E-state index is 6.33. The highest BCUT2D eigenvalue weighted by molar-refractivity contribution is 6.10. The molecule has 0 aliphatic carbocycles. The van der Waals surface area contributed by atoms with Gasteiger partial charge in [0.05, 0.1) is 16.7 Å². The van der Waals surface area contributed by atoms with E-state index in [1.165, 1.54) is 38.5 Å². The molecule has 0 saturated carbocycles. The molecule has 0 amide bonds. The summed E-state index contributed by atoms with van der Waals surface area (Å²) in [4.78, 5) is 6.90. The molecule has 0 spiro atoms. The van der Waals surface area contributed by atoms with Crippen LogP contribution in [0.3, 0.4) is 0 Å². The van der Waals surface area contributed by atoms with Crippen LogP contribution in [-0.2, 0) is 0 Å². The van der Waals surface area contributed by atoms with Gasteiger partial charge in [-0.05, 0) is 95.1 Å². The summed E-state index contributed by atoms with van der Waals surface area (Å²) in [6, 6.07) is 73.4. The number of pyridine rings is 1. The van der Waals surface area contributed by atoms with E-state index >= 15 is 0 Å². The topological polar surface area (TPSA) is 34.2 Å². The van der Waals surface area contributed by atoms with E-state index in [1.807, 2.05) is 18.3 Å². The van der Waals surface area contributed by atoms with Gasteiger partial charge in [-0.3, -0.25) is 4.98 Å². The maximum atomic E-state index is 6.33. The fourth-order valence-corrected chi connectivity index (χ4v) is 8.51. The molecule has 11 aromatic rings. The van der Waals surface area contributed by atoms with Crippen molar-refractivity contribution in [3.63, 3.8) is 0 Å². The number of para-hydroxylation sites is 4. The Hall–Kier alpha value is -7.69. The number of fused-ring (bicyclic) bond motifs is 6. The lowest BCUT2D eigenvalue weighted by atomic mass is 9.92. The smallest absolute Gasteiger partial charge is 0.153 e. The van der Waals surface area contributed by atoms with Crippen molar-refractivity contribution in [2.45, 2.75) is 0 Å². The second-order valence-electron chi connectivity index (χ2n) is 14.3. The molecule has 4 heteroatoms. The van der Waals surface area contributed by atoms with E-state index in [2.05, 4.69) is 209 Å². The van der Waals surface area contributed by atoms with Crippen molar-refractivity contribution in [2.24, 2.45) is 0 Å². The zero-order valence-electron chi connectivity index (χ0n) is 31.0. The van der Waals surface area contributed by atoms with Crippen LogP contribution in [-0.4, -0.2) is 9.55 Å². The lowest BCUT2D eigenvalue weighted by Gasteiger charge is -2.26. The minimum absolute atomic E-state index is 0.796. The molecule has 8 aromatic carbocycles. The van der Waals surface area contributed by atoms with Crippen molar-refractivity contribution in [1.82, 2.24) is 9.55 Å². The molecule has 3 aromatic heterocycles. The van der Waals surface area contributed by atoms with Gasteiger partial charge in [-0.25, -0.2) is 0 Å². The highest BCUT2D eigenvalue weighted by Crippen LogP contribution is 2.43. The molecule has 0 N–H and O–H groups in total. The number of furan rings is 1. The fourth-order valence-electron chi connectivity index (χ4n) is 8.51. The first-order chi connectivity index (χ1) is 28.3. The SMILES string of the molecule is c1ccc(-c2c(-c3ccc(N(c4ccccc4)c4ccc(-c5cccc6c5oc5cccnc56)cc4)cc3)cccc2-n2c3ccccc3c3ccccc32)cc1. The first kappa shape index (κ1) is 32.7. The molecule has 0 atom stereocenters. The van der Waals surface area contributed by atoms with Crippen LogP contribution < -0.4 is 4.90 Å². The number of hydrogen-bond donors (Lipinski definition) is 0. The molecule has 0 unspecified atom stereocenters. The van der Waals surface area contributed by atoms with Crippen LogP contribution in [0, 0.1) is 0 Å². The quantitative estimate of drug-likeness (QED) is 0.164. The molecule has 0 saturated heterocycles. The zero-order chi connectivity index (χ0) is 37.7. The third-order valence-electron chi connectivity index (χ3n) is 11.1. The molecular formula is C53H35N3O. The van der Waals surface area contributed by atoms with Gasteiger partial charge in [0.1, 0.15) is 11.1 Å². The third-order valence-corrected chi connectivity index (χ3v) is 11.1. The van der Waals surface area contributed by atoms with Crippen molar-refractivity contribution < 1.29 is 4.42 Å². The number of anilines is 3. The third kappa shape index (κ3) is 5.50. The first-order valence-electron chi connectivity index (χ1n) is 19.3. The predicted molar refractivity (Wildman–Crippen MR) is 237 cm³/mol. The monoisotopic (exact) mass is 729 g/mol. The summed E-state index contributed by atoms with van der Waals surface area (Å²) in [7, 11) is 0. The first-order valence-corrected chi connectivity index (χ1v) is 19.3. The molecule has 57 heavy (non-hydrogen) atoms. The van der Waals surface area contributed by atoms with Crippen molar-refractivity contribution in [2.75, 3.05) is 4.90 Å². The summed E-state index contributed by atoms with van der Waals surface area (Å²) in [5.41, 5.74) is 16.1. The summed E-state index contributed by atoms with van der Waals surface area (Å²) in [5, 5.41) is 3.52. The van der Waals surface area contributed by atoms with Crippen LogP contribution in [0.2, 0.25) is 0 Å². The lowest BCUT2D eigenvalue weighted by molar-refractivity contribution is 0.669. The Labute approximate surface area is 330 Å². The molecule has 0 fully saturated rings. The lowest BCUT2D eigenvalue weighted by Crippen LogP contribution is -2.09. The average molecular weight is 730 g/mol. The molecule has 0 aliphatic rings. The summed E-state index contributed by atoms with van der Waals surface area (Å²) in [6.45, 7) is 0. The van der Waals surface area contributed by atoms with E-state index in [0.29, 0.717) is 0 Å². The van der Waals surface area contributed by atoms with Gasteiger partial charge in [0.15, 0.2) is 5.58 Å². The zero-order valence-corrected chi connectivity index (χ0v) is 31.0. The molecule has 268 valence electrons. The molecule has 11 rings (SSSR count). The van der Waals surface area contributed by atoms with Crippen molar-refractivity contribution >= 4 is 60.9 Å². The number of nitrogens with zero attached hydrogens (tertiary/aromatic N) is 3. The van der Waals surface area contributed by atoms with Gasteiger partial charge < -0.3 is 13.9 Å². The minimum atomic E-state index is 0.796. The minimum Gasteiger partial charge on any atom is -0.454 e. The highest BCUT2D eigenvalue weighted by atomic mass is 16.3. The second kappa shape index (κ2) is 13.6. The van der Waals surface area contributed by atoms with Gasteiger partial charge in [-0.2, -0.15) is 0 Å². The summed E-state index contributed by atoms with van der Waals surface area (Å²) >= 11 is 0. The molecular weight excluding hydrogens is 695 g/mol. The van der Waals surface area contributed by atoms with Crippen LogP contribution >= 0.6 is 0 Å². The average Bonchev–Trinajstić information content (AvgIpc) is 3.84. The van der Waals surface area contributed by atoms with Crippen molar-refractivity contribution in [3.8, 4) is 39.1 Å². The van der Waals surface area contributed by atoms with Crippen LogP contribution in [0.15, 0.2) is 217 Å². The Morgan fingerprint density at radius 2 is 0.947 bits per heavy atom. The number of benzene rings is 8. The normalized spacial score (nSPS) is 11.5. The van der Waals surface area contributed by atoms with E-state index in [0.717, 1.165) is 61.5 Å². The standard InChI is InChI=1S/C53H35N3O/c1-3-14-38(15-4-1)51-42(20-12-25-49(51)56-47-23-9-7-18-44(47)45-19-8-10-24-48(45)56)36-27-31-40(32-28-36)55(39-16-5-2-6-17-39)41-33-29-37(30-34-41)43-21-11-22-46-52-50(57-53(43)46)26-13-35-54-52/h1-35H. The molecule has 0 aliphatic heterocycles. The maximum Gasteiger partial charge on any atom is 0.153 e. The largest absolute Gasteiger partial charge is 0.454 e. The van der Waals surface area contributed by atoms with E-state index < -0.39 is 0 Å². The van der Waals surface area contributed by atoms with Gasteiger partial charge in [0, 0.05) is 50.5 Å². The Morgan fingerprint density at radius 3 is 1.63 bits per heavy atom. The van der Waals surface area contributed by atoms with Crippen LogP contribution in [0.5, 0.6) is 0 Å². The second-order valence-corrected chi connectivity index (χ2v) is 14.3. The molecule has 0 bridgehead atoms. The van der Waals surface area contributed by atoms with E-state index in [4.69, 9.17) is 4.42 Å². The van der Waals surface area contributed by atoms with E-state index in [9.17, 15) is 0 Å². The van der Waals surface area contributed by atoms with E-state index in [-0.39, 0.29) is 0 Å².